The lowest BCUT2D eigenvalue weighted by Gasteiger charge is -2.41. The lowest BCUT2D eigenvalue weighted by atomic mass is 9.52. The van der Waals surface area contributed by atoms with Crippen molar-refractivity contribution < 1.29 is 4.79 Å². The number of unbranched alkanes of at least 4 members (excludes halogenated alkanes) is 1. The molecule has 1 saturated carbocycles. The van der Waals surface area contributed by atoms with E-state index >= 15 is 0 Å². The van der Waals surface area contributed by atoms with Gasteiger partial charge >= 0.3 is 0 Å². The van der Waals surface area contributed by atoms with Crippen molar-refractivity contribution in [2.24, 2.45) is 16.7 Å². The van der Waals surface area contributed by atoms with E-state index in [4.69, 9.17) is 0 Å². The van der Waals surface area contributed by atoms with E-state index in [1.807, 2.05) is 19.1 Å². The number of rotatable bonds is 3. The van der Waals surface area contributed by atoms with Crippen molar-refractivity contribution in [3.63, 3.8) is 0 Å². The number of carbonyl (C=O) groups is 1. The second-order valence-corrected chi connectivity index (χ2v) is 4.92. The Morgan fingerprint density at radius 2 is 1.74 bits per heavy atom. The standard InChI is InChI=1S/C14H14N4O/c1-2-3-4-11-5-12(19)6-13(7-15,8-16)14(11,9-17)10-18/h11H,2-6H2,1H3/t11-/m1/s1. The molecule has 0 aliphatic heterocycles. The number of hydrogen-bond acceptors (Lipinski definition) is 5. The normalized spacial score (nSPS) is 23.4. The zero-order valence-corrected chi connectivity index (χ0v) is 10.8. The minimum atomic E-state index is -1.84. The van der Waals surface area contributed by atoms with Gasteiger partial charge in [0.2, 0.25) is 0 Å². The first-order chi connectivity index (χ1) is 9.05. The Hall–Kier alpha value is -2.37. The molecule has 0 radical (unpaired) electrons. The van der Waals surface area contributed by atoms with Crippen LogP contribution in [0.3, 0.4) is 0 Å². The summed E-state index contributed by atoms with van der Waals surface area (Å²) in [4.78, 5) is 11.8. The molecule has 0 unspecified atom stereocenters. The minimum absolute atomic E-state index is 0.103. The van der Waals surface area contributed by atoms with Gasteiger partial charge in [-0.2, -0.15) is 21.0 Å². The van der Waals surface area contributed by atoms with Crippen LogP contribution >= 0.6 is 0 Å². The Bertz CT molecular complexity index is 510. The van der Waals surface area contributed by atoms with Gasteiger partial charge in [-0.3, -0.25) is 4.79 Å². The summed E-state index contributed by atoms with van der Waals surface area (Å²) in [6.07, 6.45) is 1.91. The Morgan fingerprint density at radius 3 is 2.16 bits per heavy atom. The van der Waals surface area contributed by atoms with Crippen LogP contribution in [0.2, 0.25) is 0 Å². The molecule has 1 aliphatic carbocycles. The highest BCUT2D eigenvalue weighted by atomic mass is 16.1. The molecule has 1 aliphatic rings. The van der Waals surface area contributed by atoms with E-state index < -0.39 is 16.7 Å². The third kappa shape index (κ3) is 2.05. The van der Waals surface area contributed by atoms with Gasteiger partial charge in [0.1, 0.15) is 5.78 Å². The van der Waals surface area contributed by atoms with E-state index in [1.54, 1.807) is 12.1 Å². The molecule has 0 aromatic heterocycles. The van der Waals surface area contributed by atoms with Gasteiger partial charge in [0.15, 0.2) is 10.8 Å². The first-order valence-corrected chi connectivity index (χ1v) is 6.22. The summed E-state index contributed by atoms with van der Waals surface area (Å²) in [5.74, 6) is -0.756. The van der Waals surface area contributed by atoms with E-state index in [-0.39, 0.29) is 18.6 Å². The molecule has 1 atom stereocenters. The topological polar surface area (TPSA) is 112 Å². The van der Waals surface area contributed by atoms with Gasteiger partial charge in [0.25, 0.3) is 0 Å². The molecule has 0 aromatic rings. The minimum Gasteiger partial charge on any atom is -0.300 e. The van der Waals surface area contributed by atoms with E-state index in [9.17, 15) is 25.8 Å². The predicted octanol–water partition coefficient (Wildman–Crippen LogP) is 2.22. The van der Waals surface area contributed by atoms with Gasteiger partial charge in [0, 0.05) is 18.8 Å². The van der Waals surface area contributed by atoms with Crippen molar-refractivity contribution >= 4 is 5.78 Å². The fraction of sp³-hybridized carbons (Fsp3) is 0.643. The van der Waals surface area contributed by atoms with Crippen LogP contribution < -0.4 is 0 Å². The first-order valence-electron chi connectivity index (χ1n) is 6.22. The maximum absolute atomic E-state index is 11.8. The predicted molar refractivity (Wildman–Crippen MR) is 64.6 cm³/mol. The highest BCUT2D eigenvalue weighted by molar-refractivity contribution is 5.82. The van der Waals surface area contributed by atoms with Crippen LogP contribution in [-0.4, -0.2) is 5.78 Å². The smallest absolute Gasteiger partial charge is 0.182 e. The molecule has 5 nitrogen and oxygen atoms in total. The van der Waals surface area contributed by atoms with E-state index in [2.05, 4.69) is 0 Å². The summed E-state index contributed by atoms with van der Waals surface area (Å²) >= 11 is 0. The fourth-order valence-corrected chi connectivity index (χ4v) is 2.73. The van der Waals surface area contributed by atoms with Crippen LogP contribution in [0.15, 0.2) is 0 Å². The first kappa shape index (κ1) is 14.7. The Kier molecular flexibility index (Phi) is 4.26. The molecule has 0 amide bonds. The summed E-state index contributed by atoms with van der Waals surface area (Å²) in [6.45, 7) is 1.97. The van der Waals surface area contributed by atoms with Crippen molar-refractivity contribution in [1.29, 1.82) is 21.0 Å². The Balaban J connectivity index is 3.38. The zero-order valence-electron chi connectivity index (χ0n) is 10.8. The molecule has 19 heavy (non-hydrogen) atoms. The van der Waals surface area contributed by atoms with Crippen molar-refractivity contribution in [3.8, 4) is 24.3 Å². The second-order valence-electron chi connectivity index (χ2n) is 4.92. The van der Waals surface area contributed by atoms with Crippen molar-refractivity contribution in [2.45, 2.75) is 39.0 Å². The van der Waals surface area contributed by atoms with Crippen LogP contribution in [0, 0.1) is 62.1 Å². The lowest BCUT2D eigenvalue weighted by Crippen LogP contribution is -2.50. The van der Waals surface area contributed by atoms with Crippen molar-refractivity contribution in [1.82, 2.24) is 0 Å². The summed E-state index contributed by atoms with van der Waals surface area (Å²) in [6, 6.07) is 7.30. The average molecular weight is 254 g/mol. The molecule has 1 fully saturated rings. The lowest BCUT2D eigenvalue weighted by molar-refractivity contribution is -0.126. The summed E-state index contributed by atoms with van der Waals surface area (Å²) in [7, 11) is 0. The monoisotopic (exact) mass is 254 g/mol. The van der Waals surface area contributed by atoms with Crippen molar-refractivity contribution in [3.05, 3.63) is 0 Å². The van der Waals surface area contributed by atoms with Crippen LogP contribution in [0.25, 0.3) is 0 Å². The Labute approximate surface area is 112 Å². The van der Waals surface area contributed by atoms with Gasteiger partial charge in [0.05, 0.1) is 24.3 Å². The molecule has 0 saturated heterocycles. The quantitative estimate of drug-likeness (QED) is 0.766. The fourth-order valence-electron chi connectivity index (χ4n) is 2.73. The zero-order chi connectivity index (χ0) is 14.5. The van der Waals surface area contributed by atoms with Crippen molar-refractivity contribution in [2.75, 3.05) is 0 Å². The van der Waals surface area contributed by atoms with E-state index in [1.165, 1.54) is 0 Å². The largest absolute Gasteiger partial charge is 0.300 e. The number of carbonyl (C=O) groups excluding carboxylic acids is 1. The summed E-state index contributed by atoms with van der Waals surface area (Å²) in [5, 5.41) is 37.4. The number of nitrogens with zero attached hydrogens (tertiary/aromatic N) is 4. The maximum atomic E-state index is 11.8. The third-order valence-electron chi connectivity index (χ3n) is 3.86. The Morgan fingerprint density at radius 1 is 1.16 bits per heavy atom. The van der Waals surface area contributed by atoms with Crippen LogP contribution in [0.5, 0.6) is 0 Å². The van der Waals surface area contributed by atoms with Gasteiger partial charge in [-0.15, -0.1) is 0 Å². The molecule has 5 heteroatoms. The molecule has 0 aromatic carbocycles. The molecule has 0 heterocycles. The highest BCUT2D eigenvalue weighted by Gasteiger charge is 2.62. The SMILES string of the molecule is CCCC[C@@H]1CC(=O)CC(C#N)(C#N)C1(C#N)C#N. The molecule has 96 valence electrons. The van der Waals surface area contributed by atoms with E-state index in [0.717, 1.165) is 12.8 Å². The van der Waals surface area contributed by atoms with Gasteiger partial charge in [-0.05, 0) is 6.42 Å². The number of ketones is 1. The molecular weight excluding hydrogens is 240 g/mol. The van der Waals surface area contributed by atoms with Gasteiger partial charge in [-0.25, -0.2) is 0 Å². The molecule has 0 N–H and O–H groups in total. The van der Waals surface area contributed by atoms with Crippen LogP contribution in [0.4, 0.5) is 0 Å². The van der Waals surface area contributed by atoms with E-state index in [0.29, 0.717) is 6.42 Å². The number of hydrogen-bond donors (Lipinski definition) is 0. The second kappa shape index (κ2) is 5.51. The van der Waals surface area contributed by atoms with Crippen LogP contribution in [-0.2, 0) is 4.79 Å². The van der Waals surface area contributed by atoms with Gasteiger partial charge < -0.3 is 0 Å². The number of Topliss-reactive ketones (excluding diaryl/α,β-unsaturated/α-hetero) is 1. The average Bonchev–Trinajstić information content (AvgIpc) is 2.44. The number of nitriles is 4. The van der Waals surface area contributed by atoms with Gasteiger partial charge in [-0.1, -0.05) is 19.8 Å². The molecule has 1 rings (SSSR count). The maximum Gasteiger partial charge on any atom is 0.182 e. The molecular formula is C14H14N4O. The highest BCUT2D eigenvalue weighted by Crippen LogP contribution is 2.53. The molecule has 0 bridgehead atoms. The molecule has 0 spiro atoms. The van der Waals surface area contributed by atoms with Crippen LogP contribution in [0.1, 0.15) is 39.0 Å². The summed E-state index contributed by atoms with van der Waals surface area (Å²) < 4.78 is 0. The third-order valence-corrected chi connectivity index (χ3v) is 3.86. The summed E-state index contributed by atoms with van der Waals surface area (Å²) in [5.41, 5.74) is -3.55.